The van der Waals surface area contributed by atoms with Crippen molar-refractivity contribution >= 4 is 17.9 Å². The van der Waals surface area contributed by atoms with Gasteiger partial charge in [0.05, 0.1) is 20.6 Å². The van der Waals surface area contributed by atoms with E-state index in [4.69, 9.17) is 9.47 Å². The molecule has 134 valence electrons. The van der Waals surface area contributed by atoms with E-state index in [0.29, 0.717) is 31.1 Å². The number of cyclic esters (lactones) is 1. The average Bonchev–Trinajstić information content (AvgIpc) is 2.88. The van der Waals surface area contributed by atoms with Crippen molar-refractivity contribution in [1.82, 2.24) is 9.80 Å². The first-order valence-electron chi connectivity index (χ1n) is 7.97. The van der Waals surface area contributed by atoms with E-state index >= 15 is 0 Å². The normalized spacial score (nSPS) is 17.4. The summed E-state index contributed by atoms with van der Waals surface area (Å²) >= 11 is 0. The van der Waals surface area contributed by atoms with E-state index in [-0.39, 0.29) is 30.8 Å². The highest BCUT2D eigenvalue weighted by atomic mass is 16.6. The molecule has 0 radical (unpaired) electrons. The molecule has 2 aliphatic rings. The van der Waals surface area contributed by atoms with Crippen molar-refractivity contribution in [3.63, 3.8) is 0 Å². The molecule has 3 rings (SSSR count). The van der Waals surface area contributed by atoms with E-state index in [9.17, 15) is 14.4 Å². The van der Waals surface area contributed by atoms with Gasteiger partial charge in [0, 0.05) is 25.6 Å². The molecule has 3 amide bonds. The molecule has 2 fully saturated rings. The number of carbonyl (C=O) groups is 3. The molecular formula is C17H20N2O6. The number of amides is 3. The van der Waals surface area contributed by atoms with Gasteiger partial charge in [0.25, 0.3) is 5.91 Å². The Bertz CT molecular complexity index is 682. The topological polar surface area (TPSA) is 85.4 Å². The van der Waals surface area contributed by atoms with E-state index in [1.165, 1.54) is 0 Å². The number of methoxy groups -OCH3 is 2. The first-order chi connectivity index (χ1) is 12.0. The largest absolute Gasteiger partial charge is 0.493 e. The monoisotopic (exact) mass is 348 g/mol. The molecule has 0 N–H and O–H groups in total. The third-order valence-electron chi connectivity index (χ3n) is 4.39. The van der Waals surface area contributed by atoms with Crippen molar-refractivity contribution in [3.8, 4) is 11.5 Å². The van der Waals surface area contributed by atoms with Crippen molar-refractivity contribution in [3.05, 3.63) is 23.8 Å². The third-order valence-corrected chi connectivity index (χ3v) is 4.39. The Kier molecular flexibility index (Phi) is 4.78. The molecule has 2 saturated heterocycles. The maximum absolute atomic E-state index is 12.3. The predicted octanol–water partition coefficient (Wildman–Crippen LogP) is 0.683. The van der Waals surface area contributed by atoms with Crippen molar-refractivity contribution in [1.29, 1.82) is 0 Å². The predicted molar refractivity (Wildman–Crippen MR) is 86.4 cm³/mol. The van der Waals surface area contributed by atoms with E-state index in [1.807, 2.05) is 6.07 Å². The lowest BCUT2D eigenvalue weighted by atomic mass is 9.98. The zero-order chi connectivity index (χ0) is 18.0. The van der Waals surface area contributed by atoms with Gasteiger partial charge in [-0.3, -0.25) is 9.59 Å². The van der Waals surface area contributed by atoms with Gasteiger partial charge in [-0.25, -0.2) is 9.69 Å². The number of benzene rings is 1. The second-order valence-corrected chi connectivity index (χ2v) is 6.09. The Balaban J connectivity index is 1.51. The Labute approximate surface area is 145 Å². The standard InChI is InChI=1S/C17H20N2O6/c1-23-13-4-3-11(5-14(13)24-2)6-15(20)18-7-12(8-18)9-19-16(21)10-25-17(19)22/h3-5,12H,6-10H2,1-2H3. The van der Waals surface area contributed by atoms with Crippen LogP contribution in [0.4, 0.5) is 4.79 Å². The fraction of sp³-hybridized carbons (Fsp3) is 0.471. The maximum atomic E-state index is 12.3. The Morgan fingerprint density at radius 1 is 1.20 bits per heavy atom. The Hall–Kier alpha value is -2.77. The van der Waals surface area contributed by atoms with Crippen LogP contribution in [0.15, 0.2) is 18.2 Å². The Morgan fingerprint density at radius 3 is 2.52 bits per heavy atom. The van der Waals surface area contributed by atoms with Crippen LogP contribution in [-0.2, 0) is 20.7 Å². The smallest absolute Gasteiger partial charge is 0.417 e. The average molecular weight is 348 g/mol. The first kappa shape index (κ1) is 17.1. The fourth-order valence-corrected chi connectivity index (χ4v) is 2.98. The lowest BCUT2D eigenvalue weighted by molar-refractivity contribution is -0.137. The van der Waals surface area contributed by atoms with Gasteiger partial charge in [0.1, 0.15) is 0 Å². The second kappa shape index (κ2) is 7.00. The van der Waals surface area contributed by atoms with Crippen LogP contribution in [0.25, 0.3) is 0 Å². The van der Waals surface area contributed by atoms with Gasteiger partial charge in [-0.2, -0.15) is 0 Å². The highest BCUT2D eigenvalue weighted by Gasteiger charge is 2.38. The minimum absolute atomic E-state index is 0.00112. The summed E-state index contributed by atoms with van der Waals surface area (Å²) in [6.07, 6.45) is -0.335. The Morgan fingerprint density at radius 2 is 1.92 bits per heavy atom. The van der Waals surface area contributed by atoms with Crippen LogP contribution < -0.4 is 9.47 Å². The number of carbonyl (C=O) groups excluding carboxylic acids is 3. The quantitative estimate of drug-likeness (QED) is 0.752. The molecule has 0 bridgehead atoms. The number of nitrogens with zero attached hydrogens (tertiary/aromatic N) is 2. The summed E-state index contributed by atoms with van der Waals surface area (Å²) < 4.78 is 15.1. The highest BCUT2D eigenvalue weighted by Crippen LogP contribution is 2.28. The SMILES string of the molecule is COc1ccc(CC(=O)N2CC(CN3C(=O)COC3=O)C2)cc1OC. The zero-order valence-corrected chi connectivity index (χ0v) is 14.2. The maximum Gasteiger partial charge on any atom is 0.417 e. The van der Waals surface area contributed by atoms with Crippen LogP contribution in [0.1, 0.15) is 5.56 Å². The number of likely N-dealkylation sites (tertiary alicyclic amines) is 1. The van der Waals surface area contributed by atoms with Gasteiger partial charge in [0.15, 0.2) is 18.1 Å². The molecule has 0 spiro atoms. The molecular weight excluding hydrogens is 328 g/mol. The molecule has 1 aromatic carbocycles. The lowest BCUT2D eigenvalue weighted by Crippen LogP contribution is -2.54. The number of hydrogen-bond acceptors (Lipinski definition) is 6. The van der Waals surface area contributed by atoms with Crippen molar-refractivity contribution in [2.45, 2.75) is 6.42 Å². The van der Waals surface area contributed by atoms with Crippen LogP contribution in [-0.4, -0.2) is 68.2 Å². The van der Waals surface area contributed by atoms with Gasteiger partial charge >= 0.3 is 6.09 Å². The molecule has 2 aliphatic heterocycles. The van der Waals surface area contributed by atoms with Crippen LogP contribution in [0, 0.1) is 5.92 Å². The molecule has 1 aromatic rings. The number of ether oxygens (including phenoxy) is 3. The molecule has 25 heavy (non-hydrogen) atoms. The minimum Gasteiger partial charge on any atom is -0.493 e. The first-order valence-corrected chi connectivity index (χ1v) is 7.97. The minimum atomic E-state index is -0.597. The summed E-state index contributed by atoms with van der Waals surface area (Å²) in [7, 11) is 3.11. The van der Waals surface area contributed by atoms with E-state index < -0.39 is 6.09 Å². The van der Waals surface area contributed by atoms with E-state index in [2.05, 4.69) is 4.74 Å². The molecule has 0 saturated carbocycles. The molecule has 2 heterocycles. The van der Waals surface area contributed by atoms with Gasteiger partial charge in [-0.15, -0.1) is 0 Å². The number of hydrogen-bond donors (Lipinski definition) is 0. The summed E-state index contributed by atoms with van der Waals surface area (Å²) in [5, 5.41) is 0. The van der Waals surface area contributed by atoms with Crippen LogP contribution in [0.2, 0.25) is 0 Å². The van der Waals surface area contributed by atoms with Gasteiger partial charge in [-0.1, -0.05) is 6.07 Å². The molecule has 0 aliphatic carbocycles. The summed E-state index contributed by atoms with van der Waals surface area (Å²) in [6, 6.07) is 5.38. The molecule has 0 atom stereocenters. The van der Waals surface area contributed by atoms with Crippen molar-refractivity contribution in [2.24, 2.45) is 5.92 Å². The second-order valence-electron chi connectivity index (χ2n) is 6.09. The summed E-state index contributed by atoms with van der Waals surface area (Å²) in [5.74, 6) is 0.980. The lowest BCUT2D eigenvalue weighted by Gasteiger charge is -2.40. The van der Waals surface area contributed by atoms with Crippen LogP contribution >= 0.6 is 0 Å². The number of rotatable bonds is 6. The van der Waals surface area contributed by atoms with Gasteiger partial charge in [0.2, 0.25) is 5.91 Å². The summed E-state index contributed by atoms with van der Waals surface area (Å²) in [6.45, 7) is 1.18. The highest BCUT2D eigenvalue weighted by molar-refractivity contribution is 5.97. The van der Waals surface area contributed by atoms with Crippen LogP contribution in [0.5, 0.6) is 11.5 Å². The van der Waals surface area contributed by atoms with Crippen LogP contribution in [0.3, 0.4) is 0 Å². The molecule has 8 nitrogen and oxygen atoms in total. The van der Waals surface area contributed by atoms with Gasteiger partial charge in [-0.05, 0) is 17.7 Å². The summed E-state index contributed by atoms with van der Waals surface area (Å²) in [5.41, 5.74) is 0.837. The van der Waals surface area contributed by atoms with Gasteiger partial charge < -0.3 is 19.1 Å². The van der Waals surface area contributed by atoms with E-state index in [1.54, 1.807) is 31.3 Å². The van der Waals surface area contributed by atoms with Crippen molar-refractivity contribution < 1.29 is 28.6 Å². The number of imide groups is 1. The third kappa shape index (κ3) is 3.52. The molecule has 0 aromatic heterocycles. The molecule has 0 unspecified atom stereocenters. The van der Waals surface area contributed by atoms with Crippen molar-refractivity contribution in [2.75, 3.05) is 40.5 Å². The van der Waals surface area contributed by atoms with E-state index in [0.717, 1.165) is 10.5 Å². The fourth-order valence-electron chi connectivity index (χ4n) is 2.98. The zero-order valence-electron chi connectivity index (χ0n) is 14.2. The summed E-state index contributed by atoms with van der Waals surface area (Å²) in [4.78, 5) is 38.1. The molecule has 8 heteroatoms.